The van der Waals surface area contributed by atoms with Crippen LogP contribution in [-0.2, 0) is 12.0 Å². The third-order valence-electron chi connectivity index (χ3n) is 8.26. The fraction of sp³-hybridized carbons (Fsp3) is 0.394. The van der Waals surface area contributed by atoms with Gasteiger partial charge in [0.2, 0.25) is 0 Å². The molecule has 0 saturated heterocycles. The van der Waals surface area contributed by atoms with Gasteiger partial charge in [-0.05, 0) is 65.5 Å². The molecule has 0 atom stereocenters. The van der Waals surface area contributed by atoms with E-state index < -0.39 is 0 Å². The number of fused-ring (bicyclic) bond motifs is 1. The number of aromatic nitrogens is 2. The van der Waals surface area contributed by atoms with Crippen LogP contribution in [0.15, 0.2) is 73.1 Å². The van der Waals surface area contributed by atoms with Crippen LogP contribution in [0.2, 0.25) is 0 Å². The minimum absolute atomic E-state index is 0.269. The molecule has 0 aliphatic heterocycles. The van der Waals surface area contributed by atoms with Crippen LogP contribution >= 0.6 is 0 Å². The summed E-state index contributed by atoms with van der Waals surface area (Å²) >= 11 is 0. The van der Waals surface area contributed by atoms with Crippen molar-refractivity contribution in [2.75, 3.05) is 11.4 Å². The molecule has 4 aromatic rings. The highest BCUT2D eigenvalue weighted by Gasteiger charge is 2.41. The first kappa shape index (κ1) is 26.0. The van der Waals surface area contributed by atoms with E-state index in [9.17, 15) is 4.79 Å². The van der Waals surface area contributed by atoms with Crippen LogP contribution in [0.4, 0.5) is 10.5 Å². The summed E-state index contributed by atoms with van der Waals surface area (Å²) in [5.41, 5.74) is 12.8. The molecule has 0 spiro atoms. The molecule has 2 N–H and O–H groups in total. The summed E-state index contributed by atoms with van der Waals surface area (Å²) in [5.74, 6) is 0.549. The Morgan fingerprint density at radius 2 is 1.61 bits per heavy atom. The van der Waals surface area contributed by atoms with Crippen molar-refractivity contribution in [1.82, 2.24) is 9.55 Å². The number of rotatable bonds is 8. The summed E-state index contributed by atoms with van der Waals surface area (Å²) in [6.07, 6.45) is 9.24. The number of pyridine rings is 1. The van der Waals surface area contributed by atoms with E-state index in [1.54, 1.807) is 0 Å². The number of hydrogen-bond acceptors (Lipinski definition) is 2. The quantitative estimate of drug-likeness (QED) is 0.265. The van der Waals surface area contributed by atoms with Crippen molar-refractivity contribution in [3.05, 3.63) is 95.3 Å². The molecular weight excluding hydrogens is 468 g/mol. The lowest BCUT2D eigenvalue weighted by Crippen LogP contribution is -2.48. The molecule has 2 heterocycles. The van der Waals surface area contributed by atoms with Gasteiger partial charge in [0.1, 0.15) is 5.65 Å². The van der Waals surface area contributed by atoms with Gasteiger partial charge in [-0.1, -0.05) is 89.1 Å². The van der Waals surface area contributed by atoms with E-state index in [1.807, 2.05) is 17.2 Å². The smallest absolute Gasteiger partial charge is 0.319 e. The zero-order chi connectivity index (χ0) is 26.9. The number of hydrogen-bond donors (Lipinski definition) is 1. The molecule has 0 unspecified atom stereocenters. The molecule has 198 valence electrons. The third-order valence-corrected chi connectivity index (χ3v) is 8.26. The number of benzene rings is 2. The maximum Gasteiger partial charge on any atom is 0.319 e. The molecule has 1 aliphatic carbocycles. The van der Waals surface area contributed by atoms with Gasteiger partial charge < -0.3 is 10.3 Å². The summed E-state index contributed by atoms with van der Waals surface area (Å²) in [4.78, 5) is 20.0. The normalized spacial score (nSPS) is 15.0. The van der Waals surface area contributed by atoms with Gasteiger partial charge in [-0.2, -0.15) is 0 Å². The molecule has 0 radical (unpaired) electrons. The second-order valence-electron chi connectivity index (χ2n) is 11.5. The fourth-order valence-electron chi connectivity index (χ4n) is 6.34. The van der Waals surface area contributed by atoms with Gasteiger partial charge in [-0.3, -0.25) is 4.90 Å². The minimum Gasteiger partial charge on any atom is -0.351 e. The highest BCUT2D eigenvalue weighted by molar-refractivity contribution is 5.93. The van der Waals surface area contributed by atoms with Gasteiger partial charge in [-0.15, -0.1) is 0 Å². The van der Waals surface area contributed by atoms with Crippen LogP contribution in [0.1, 0.15) is 87.5 Å². The second kappa shape index (κ2) is 10.6. The monoisotopic (exact) mass is 508 g/mol. The Labute approximate surface area is 226 Å². The first-order chi connectivity index (χ1) is 18.3. The Morgan fingerprint density at radius 3 is 2.21 bits per heavy atom. The summed E-state index contributed by atoms with van der Waals surface area (Å²) in [5, 5.41) is 1.18. The number of urea groups is 1. The first-order valence-electron chi connectivity index (χ1n) is 14.0. The summed E-state index contributed by atoms with van der Waals surface area (Å²) in [6.45, 7) is 9.29. The second-order valence-corrected chi connectivity index (χ2v) is 11.5. The van der Waals surface area contributed by atoms with Crippen molar-refractivity contribution in [3.63, 3.8) is 0 Å². The SMILES string of the molecule is CC(C)c1cccc(C(C)C)c1N(CC1(n2cc(Cc3ccccc3)c3cccnc32)CCCC1)C(N)=O. The van der Waals surface area contributed by atoms with Crippen LogP contribution < -0.4 is 10.6 Å². The summed E-state index contributed by atoms with van der Waals surface area (Å²) in [6, 6.07) is 20.8. The van der Waals surface area contributed by atoms with Crippen LogP contribution in [0.25, 0.3) is 11.0 Å². The minimum atomic E-state index is -0.389. The van der Waals surface area contributed by atoms with Gasteiger partial charge in [0.15, 0.2) is 0 Å². The van der Waals surface area contributed by atoms with E-state index in [0.29, 0.717) is 6.54 Å². The highest BCUT2D eigenvalue weighted by atomic mass is 16.2. The number of amides is 2. The Morgan fingerprint density at radius 1 is 0.947 bits per heavy atom. The Kier molecular flexibility index (Phi) is 7.29. The van der Waals surface area contributed by atoms with Crippen molar-refractivity contribution < 1.29 is 4.79 Å². The van der Waals surface area contributed by atoms with Crippen molar-refractivity contribution in [3.8, 4) is 0 Å². The molecule has 1 fully saturated rings. The molecule has 5 heteroatoms. The number of nitrogens with two attached hydrogens (primary N) is 1. The maximum absolute atomic E-state index is 13.2. The number of para-hydroxylation sites is 1. The van der Waals surface area contributed by atoms with Crippen LogP contribution in [0.5, 0.6) is 0 Å². The number of nitrogens with zero attached hydrogens (tertiary/aromatic N) is 3. The van der Waals surface area contributed by atoms with Gasteiger partial charge in [0.25, 0.3) is 0 Å². The summed E-state index contributed by atoms with van der Waals surface area (Å²) < 4.78 is 2.39. The Balaban J connectivity index is 1.64. The maximum atomic E-state index is 13.2. The predicted octanol–water partition coefficient (Wildman–Crippen LogP) is 7.73. The van der Waals surface area contributed by atoms with E-state index in [0.717, 1.165) is 43.4 Å². The molecule has 38 heavy (non-hydrogen) atoms. The number of carbonyl (C=O) groups is 1. The molecule has 5 nitrogen and oxygen atoms in total. The van der Waals surface area contributed by atoms with Crippen molar-refractivity contribution in [2.24, 2.45) is 5.73 Å². The topological polar surface area (TPSA) is 64.2 Å². The lowest BCUT2D eigenvalue weighted by molar-refractivity contribution is 0.245. The molecule has 2 aromatic carbocycles. The number of anilines is 1. The third kappa shape index (κ3) is 4.82. The van der Waals surface area contributed by atoms with Crippen LogP contribution in [0, 0.1) is 0 Å². The average Bonchev–Trinajstić information content (AvgIpc) is 3.53. The van der Waals surface area contributed by atoms with E-state index >= 15 is 0 Å². The van der Waals surface area contributed by atoms with Crippen molar-refractivity contribution in [1.29, 1.82) is 0 Å². The van der Waals surface area contributed by atoms with Crippen molar-refractivity contribution in [2.45, 2.75) is 77.2 Å². The number of primary amides is 1. The molecule has 5 rings (SSSR count). The predicted molar refractivity (Wildman–Crippen MR) is 157 cm³/mol. The first-order valence-corrected chi connectivity index (χ1v) is 14.0. The van der Waals surface area contributed by atoms with E-state index in [2.05, 4.69) is 93.1 Å². The van der Waals surface area contributed by atoms with E-state index in [4.69, 9.17) is 10.7 Å². The Bertz CT molecular complexity index is 1390. The van der Waals surface area contributed by atoms with Crippen LogP contribution in [-0.4, -0.2) is 22.1 Å². The number of carbonyl (C=O) groups excluding carboxylic acids is 1. The van der Waals surface area contributed by atoms with Gasteiger partial charge in [0, 0.05) is 17.8 Å². The molecule has 2 amide bonds. The molecule has 2 aromatic heterocycles. The van der Waals surface area contributed by atoms with Gasteiger partial charge in [0.05, 0.1) is 17.8 Å². The molecule has 1 saturated carbocycles. The average molecular weight is 509 g/mol. The van der Waals surface area contributed by atoms with Gasteiger partial charge >= 0.3 is 6.03 Å². The lowest BCUT2D eigenvalue weighted by atomic mass is 9.90. The molecular formula is C33H40N4O. The lowest BCUT2D eigenvalue weighted by Gasteiger charge is -2.38. The largest absolute Gasteiger partial charge is 0.351 e. The summed E-state index contributed by atoms with van der Waals surface area (Å²) in [7, 11) is 0. The standard InChI is InChI=1S/C33H40N4O/c1-23(2)27-14-10-15-28(24(3)4)30(27)36(32(34)38)22-33(17-8-9-18-33)37-21-26(20-25-12-6-5-7-13-25)29-16-11-19-35-31(29)37/h5-7,10-16,19,21,23-24H,8-9,17-18,20,22H2,1-4H3,(H2,34,38). The van der Waals surface area contributed by atoms with E-state index in [1.165, 1.54) is 27.6 Å². The zero-order valence-corrected chi connectivity index (χ0v) is 23.2. The highest BCUT2D eigenvalue weighted by Crippen LogP contribution is 2.43. The fourth-order valence-corrected chi connectivity index (χ4v) is 6.34. The van der Waals surface area contributed by atoms with Gasteiger partial charge in [-0.25, -0.2) is 9.78 Å². The van der Waals surface area contributed by atoms with Crippen LogP contribution in [0.3, 0.4) is 0 Å². The molecule has 0 bridgehead atoms. The zero-order valence-electron chi connectivity index (χ0n) is 23.2. The Hall–Kier alpha value is -3.60. The van der Waals surface area contributed by atoms with Crippen molar-refractivity contribution >= 4 is 22.8 Å². The van der Waals surface area contributed by atoms with E-state index in [-0.39, 0.29) is 23.4 Å². The molecule has 1 aliphatic rings.